The second kappa shape index (κ2) is 6.17. The van der Waals surface area contributed by atoms with E-state index in [-0.39, 0.29) is 18.0 Å². The number of hydrogen-bond donors (Lipinski definition) is 2. The van der Waals surface area contributed by atoms with Crippen molar-refractivity contribution in [3.8, 4) is 0 Å². The molecule has 2 atom stereocenters. The van der Waals surface area contributed by atoms with Gasteiger partial charge >= 0.3 is 0 Å². The Hall–Kier alpha value is -1.39. The maximum absolute atomic E-state index is 11.4. The third-order valence-corrected chi connectivity index (χ3v) is 3.66. The lowest BCUT2D eigenvalue weighted by molar-refractivity contribution is -0.120. The first-order valence-corrected chi connectivity index (χ1v) is 6.91. The molecule has 4 nitrogen and oxygen atoms in total. The van der Waals surface area contributed by atoms with Crippen molar-refractivity contribution in [1.29, 1.82) is 0 Å². The molecule has 1 amide bonds. The highest BCUT2D eigenvalue weighted by atomic mass is 16.1. The molecule has 1 aromatic carbocycles. The van der Waals surface area contributed by atoms with E-state index in [4.69, 9.17) is 5.73 Å². The number of carbonyl (C=O) groups excluding carboxylic acids is 1. The van der Waals surface area contributed by atoms with E-state index < -0.39 is 0 Å². The van der Waals surface area contributed by atoms with Crippen molar-refractivity contribution in [2.45, 2.75) is 32.4 Å². The van der Waals surface area contributed by atoms with E-state index in [0.717, 1.165) is 13.1 Å². The maximum Gasteiger partial charge on any atom is 0.221 e. The molecule has 1 aliphatic rings. The van der Waals surface area contributed by atoms with E-state index in [2.05, 4.69) is 41.4 Å². The third-order valence-electron chi connectivity index (χ3n) is 3.66. The van der Waals surface area contributed by atoms with Crippen molar-refractivity contribution in [1.82, 2.24) is 10.2 Å². The van der Waals surface area contributed by atoms with Gasteiger partial charge in [-0.05, 0) is 19.4 Å². The van der Waals surface area contributed by atoms with Gasteiger partial charge in [-0.1, -0.05) is 29.8 Å². The predicted molar refractivity (Wildman–Crippen MR) is 76.8 cm³/mol. The summed E-state index contributed by atoms with van der Waals surface area (Å²) in [6.07, 6.45) is 0.551. The van der Waals surface area contributed by atoms with Gasteiger partial charge in [0.25, 0.3) is 0 Å². The lowest BCUT2D eigenvalue weighted by Gasteiger charge is -2.33. The number of benzene rings is 1. The van der Waals surface area contributed by atoms with E-state index in [1.165, 1.54) is 11.1 Å². The van der Waals surface area contributed by atoms with E-state index in [1.54, 1.807) is 0 Å². The summed E-state index contributed by atoms with van der Waals surface area (Å²) in [6, 6.07) is 8.73. The zero-order valence-electron chi connectivity index (χ0n) is 11.7. The van der Waals surface area contributed by atoms with Crippen LogP contribution in [0.15, 0.2) is 24.3 Å². The molecule has 104 valence electrons. The molecule has 1 fully saturated rings. The molecule has 0 bridgehead atoms. The summed E-state index contributed by atoms with van der Waals surface area (Å²) < 4.78 is 0. The van der Waals surface area contributed by atoms with Crippen LogP contribution in [-0.2, 0) is 4.79 Å². The van der Waals surface area contributed by atoms with Crippen molar-refractivity contribution >= 4 is 5.91 Å². The molecule has 3 N–H and O–H groups in total. The van der Waals surface area contributed by atoms with Crippen LogP contribution in [0.3, 0.4) is 0 Å². The molecule has 1 aliphatic heterocycles. The second-order valence-electron chi connectivity index (χ2n) is 5.35. The van der Waals surface area contributed by atoms with Gasteiger partial charge in [-0.3, -0.25) is 9.69 Å². The number of aryl methyl sites for hydroxylation is 1. The normalized spacial score (nSPS) is 20.5. The topological polar surface area (TPSA) is 58.4 Å². The van der Waals surface area contributed by atoms with Crippen molar-refractivity contribution in [3.63, 3.8) is 0 Å². The van der Waals surface area contributed by atoms with Gasteiger partial charge in [0.2, 0.25) is 5.91 Å². The molecule has 0 aliphatic carbocycles. The Balaban J connectivity index is 2.19. The fourth-order valence-corrected chi connectivity index (χ4v) is 2.67. The Morgan fingerprint density at radius 2 is 1.95 bits per heavy atom. The van der Waals surface area contributed by atoms with Crippen molar-refractivity contribution < 1.29 is 4.79 Å². The Kier molecular flexibility index (Phi) is 4.56. The van der Waals surface area contributed by atoms with Crippen LogP contribution in [0.2, 0.25) is 0 Å². The molecule has 1 heterocycles. The fraction of sp³-hybridized carbons (Fsp3) is 0.533. The van der Waals surface area contributed by atoms with Gasteiger partial charge in [-0.15, -0.1) is 0 Å². The number of amides is 1. The predicted octanol–water partition coefficient (Wildman–Crippen LogP) is 1.21. The van der Waals surface area contributed by atoms with Gasteiger partial charge < -0.3 is 11.1 Å². The van der Waals surface area contributed by atoms with Crippen molar-refractivity contribution in [2.24, 2.45) is 5.73 Å². The van der Waals surface area contributed by atoms with Crippen molar-refractivity contribution in [2.75, 3.05) is 19.6 Å². The minimum Gasteiger partial charge on any atom is -0.355 e. The monoisotopic (exact) mass is 261 g/mol. The largest absolute Gasteiger partial charge is 0.355 e. The number of nitrogens with one attached hydrogen (secondary N) is 1. The van der Waals surface area contributed by atoms with Crippen LogP contribution < -0.4 is 11.1 Å². The summed E-state index contributed by atoms with van der Waals surface area (Å²) in [5.41, 5.74) is 8.66. The molecule has 1 aromatic rings. The summed E-state index contributed by atoms with van der Waals surface area (Å²) in [4.78, 5) is 13.7. The summed E-state index contributed by atoms with van der Waals surface area (Å²) in [5, 5.41) is 2.91. The van der Waals surface area contributed by atoms with Crippen molar-refractivity contribution in [3.05, 3.63) is 35.4 Å². The van der Waals surface area contributed by atoms with E-state index in [0.29, 0.717) is 13.0 Å². The quantitative estimate of drug-likeness (QED) is 0.859. The van der Waals surface area contributed by atoms with Crippen LogP contribution in [0, 0.1) is 6.92 Å². The van der Waals surface area contributed by atoms with Crippen LogP contribution in [0.1, 0.15) is 30.5 Å². The maximum atomic E-state index is 11.4. The zero-order valence-corrected chi connectivity index (χ0v) is 11.7. The molecule has 0 aromatic heterocycles. The van der Waals surface area contributed by atoms with Gasteiger partial charge in [-0.25, -0.2) is 0 Å². The minimum atomic E-state index is 0.0379. The average molecular weight is 261 g/mol. The molecular weight excluding hydrogens is 238 g/mol. The lowest BCUT2D eigenvalue weighted by Crippen LogP contribution is -2.41. The van der Waals surface area contributed by atoms with Crippen LogP contribution in [0.4, 0.5) is 0 Å². The highest BCUT2D eigenvalue weighted by Crippen LogP contribution is 2.24. The Morgan fingerprint density at radius 1 is 1.26 bits per heavy atom. The number of nitrogens with zero attached hydrogens (tertiary/aromatic N) is 1. The Bertz CT molecular complexity index is 428. The van der Waals surface area contributed by atoms with Gasteiger partial charge in [0, 0.05) is 38.1 Å². The standard InChI is InChI=1S/C15H23N3O/c1-11-3-5-13(6-4-11)15(12(2)16)18-9-7-14(19)17-8-10-18/h3-6,12,15H,7-10,16H2,1-2H3,(H,17,19). The highest BCUT2D eigenvalue weighted by molar-refractivity contribution is 5.76. The Labute approximate surface area is 115 Å². The summed E-state index contributed by atoms with van der Waals surface area (Å²) in [6.45, 7) is 6.44. The molecule has 2 rings (SSSR count). The molecule has 0 radical (unpaired) electrons. The van der Waals surface area contributed by atoms with Gasteiger partial charge in [0.15, 0.2) is 0 Å². The average Bonchev–Trinajstić information content (AvgIpc) is 2.57. The smallest absolute Gasteiger partial charge is 0.221 e. The highest BCUT2D eigenvalue weighted by Gasteiger charge is 2.25. The molecule has 2 unspecified atom stereocenters. The molecule has 4 heteroatoms. The van der Waals surface area contributed by atoms with Gasteiger partial charge in [0.05, 0.1) is 0 Å². The zero-order chi connectivity index (χ0) is 13.8. The molecule has 0 saturated carbocycles. The number of rotatable bonds is 3. The lowest BCUT2D eigenvalue weighted by atomic mass is 9.98. The van der Waals surface area contributed by atoms with Gasteiger partial charge in [-0.2, -0.15) is 0 Å². The first-order chi connectivity index (χ1) is 9.08. The number of carbonyl (C=O) groups is 1. The van der Waals surface area contributed by atoms with Crippen LogP contribution >= 0.6 is 0 Å². The number of hydrogen-bond acceptors (Lipinski definition) is 3. The third kappa shape index (κ3) is 3.55. The van der Waals surface area contributed by atoms with E-state index >= 15 is 0 Å². The summed E-state index contributed by atoms with van der Waals surface area (Å²) >= 11 is 0. The molecular formula is C15H23N3O. The van der Waals surface area contributed by atoms with Gasteiger partial charge in [0.1, 0.15) is 0 Å². The molecule has 19 heavy (non-hydrogen) atoms. The second-order valence-corrected chi connectivity index (χ2v) is 5.35. The SMILES string of the molecule is Cc1ccc(C(C(C)N)N2CCNC(=O)CC2)cc1. The summed E-state index contributed by atoms with van der Waals surface area (Å²) in [5.74, 6) is 0.134. The molecule has 0 spiro atoms. The first-order valence-electron chi connectivity index (χ1n) is 6.91. The van der Waals surface area contributed by atoms with E-state index in [1.807, 2.05) is 6.92 Å². The van der Waals surface area contributed by atoms with Crippen LogP contribution in [0.25, 0.3) is 0 Å². The first kappa shape index (κ1) is 14.0. The minimum absolute atomic E-state index is 0.0379. The molecule has 1 saturated heterocycles. The Morgan fingerprint density at radius 3 is 2.58 bits per heavy atom. The van der Waals surface area contributed by atoms with Crippen LogP contribution in [-0.4, -0.2) is 36.5 Å². The summed E-state index contributed by atoms with van der Waals surface area (Å²) in [7, 11) is 0. The van der Waals surface area contributed by atoms with E-state index in [9.17, 15) is 4.79 Å². The van der Waals surface area contributed by atoms with Crippen LogP contribution in [0.5, 0.6) is 0 Å². The fourth-order valence-electron chi connectivity index (χ4n) is 2.67. The number of nitrogens with two attached hydrogens (primary N) is 1.